The van der Waals surface area contributed by atoms with E-state index in [1.54, 1.807) is 4.31 Å². The molecule has 0 amide bonds. The summed E-state index contributed by atoms with van der Waals surface area (Å²) < 4.78 is 63.3. The lowest BCUT2D eigenvalue weighted by molar-refractivity contribution is -0.137. The van der Waals surface area contributed by atoms with Gasteiger partial charge in [-0.2, -0.15) is 13.2 Å². The van der Waals surface area contributed by atoms with Gasteiger partial charge in [-0.1, -0.05) is 16.3 Å². The number of alkyl halides is 3. The predicted octanol–water partition coefficient (Wildman–Crippen LogP) is 2.92. The third-order valence-corrected chi connectivity index (χ3v) is 6.79. The molecule has 1 atom stereocenters. The van der Waals surface area contributed by atoms with E-state index >= 15 is 0 Å². The van der Waals surface area contributed by atoms with Crippen LogP contribution in [0.1, 0.15) is 30.4 Å². The van der Waals surface area contributed by atoms with E-state index in [1.807, 2.05) is 0 Å². The standard InChI is InChI=1S/C16H21F3N2O2S/c17-16(18,19)14-4-2-13(3-5-14)12-20-9-6-15(7-10-20)21-8-1-11-24(21,22)23/h2-5,15H,1,6-12H2. The molecule has 1 unspecified atom stereocenters. The lowest BCUT2D eigenvalue weighted by atomic mass is 10.0. The summed E-state index contributed by atoms with van der Waals surface area (Å²) in [4.78, 5) is 2.17. The minimum atomic E-state index is -4.31. The summed E-state index contributed by atoms with van der Waals surface area (Å²) >= 11 is 0. The monoisotopic (exact) mass is 362 g/mol. The number of benzene rings is 1. The van der Waals surface area contributed by atoms with Gasteiger partial charge >= 0.3 is 6.18 Å². The Hall–Kier alpha value is -0.960. The maximum atomic E-state index is 12.6. The average molecular weight is 362 g/mol. The van der Waals surface area contributed by atoms with Gasteiger partial charge in [-0.25, -0.2) is 0 Å². The zero-order chi connectivity index (χ0) is 17.4. The Balaban J connectivity index is 1.53. The molecular weight excluding hydrogens is 341 g/mol. The first kappa shape index (κ1) is 17.8. The van der Waals surface area contributed by atoms with Gasteiger partial charge in [-0.05, 0) is 30.5 Å². The maximum Gasteiger partial charge on any atom is 0.416 e. The van der Waals surface area contributed by atoms with Crippen LogP contribution in [0, 0.1) is 0 Å². The number of halogens is 3. The zero-order valence-corrected chi connectivity index (χ0v) is 14.1. The van der Waals surface area contributed by atoms with Crippen molar-refractivity contribution in [3.63, 3.8) is 0 Å². The van der Waals surface area contributed by atoms with E-state index in [-0.39, 0.29) is 11.8 Å². The van der Waals surface area contributed by atoms with Gasteiger partial charge in [0.1, 0.15) is 16.2 Å². The SMILES string of the molecule is O=[S+]1([O-])CCCN1C1CCN(Cc2ccc(C(F)(F)F)cc2)CC1. The molecule has 8 heteroatoms. The Bertz CT molecular complexity index is 613. The summed E-state index contributed by atoms with van der Waals surface area (Å²) in [5.74, 6) is 0.249. The molecule has 0 spiro atoms. The van der Waals surface area contributed by atoms with Crippen LogP contribution in [0.4, 0.5) is 13.2 Å². The fourth-order valence-corrected chi connectivity index (χ4v) is 5.29. The van der Waals surface area contributed by atoms with Crippen LogP contribution in [0.5, 0.6) is 0 Å². The molecule has 0 N–H and O–H groups in total. The third kappa shape index (κ3) is 3.99. The first-order valence-corrected chi connectivity index (χ1v) is 9.75. The van der Waals surface area contributed by atoms with E-state index in [1.165, 1.54) is 12.1 Å². The van der Waals surface area contributed by atoms with Gasteiger partial charge in [0.05, 0.1) is 11.6 Å². The van der Waals surface area contributed by atoms with Crippen LogP contribution in [-0.4, -0.2) is 45.2 Å². The number of hydrogen-bond donors (Lipinski definition) is 0. The van der Waals surface area contributed by atoms with Gasteiger partial charge in [0.25, 0.3) is 0 Å². The molecule has 0 saturated carbocycles. The minimum Gasteiger partial charge on any atom is -0.598 e. The van der Waals surface area contributed by atoms with Crippen LogP contribution in [-0.2, 0) is 27.3 Å². The van der Waals surface area contributed by atoms with Crippen molar-refractivity contribution < 1.29 is 21.9 Å². The van der Waals surface area contributed by atoms with Crippen LogP contribution in [0.3, 0.4) is 0 Å². The normalized spacial score (nSPS) is 27.7. The lowest BCUT2D eigenvalue weighted by Gasteiger charge is -2.36. The second kappa shape index (κ2) is 6.74. The number of nitrogens with zero attached hydrogens (tertiary/aromatic N) is 2. The first-order valence-electron chi connectivity index (χ1n) is 8.14. The Morgan fingerprint density at radius 3 is 2.25 bits per heavy atom. The summed E-state index contributed by atoms with van der Waals surface area (Å²) in [6, 6.07) is 5.32. The van der Waals surface area contributed by atoms with Crippen molar-refractivity contribution in [2.45, 2.75) is 38.0 Å². The summed E-state index contributed by atoms with van der Waals surface area (Å²) in [7, 11) is -3.07. The van der Waals surface area contributed by atoms with Crippen LogP contribution >= 0.6 is 0 Å². The molecule has 4 nitrogen and oxygen atoms in total. The highest BCUT2D eigenvalue weighted by Gasteiger charge is 2.40. The Labute approximate surface area is 141 Å². The Morgan fingerprint density at radius 2 is 1.75 bits per heavy atom. The largest absolute Gasteiger partial charge is 0.598 e. The average Bonchev–Trinajstić information content (AvgIpc) is 2.87. The Morgan fingerprint density at radius 1 is 1.12 bits per heavy atom. The van der Waals surface area contributed by atoms with Crippen molar-refractivity contribution in [2.24, 2.45) is 0 Å². The predicted molar refractivity (Wildman–Crippen MR) is 84.8 cm³/mol. The number of rotatable bonds is 3. The summed E-state index contributed by atoms with van der Waals surface area (Å²) in [5, 5.41) is 0. The van der Waals surface area contributed by atoms with Gasteiger partial charge in [-0.15, -0.1) is 4.31 Å². The van der Waals surface area contributed by atoms with Gasteiger partial charge in [0, 0.05) is 32.6 Å². The lowest BCUT2D eigenvalue weighted by Crippen LogP contribution is -2.47. The fraction of sp³-hybridized carbons (Fsp3) is 0.625. The molecule has 2 saturated heterocycles. The number of hydrogen-bond acceptors (Lipinski definition) is 3. The molecule has 1 aromatic carbocycles. The van der Waals surface area contributed by atoms with Crippen LogP contribution in [0.15, 0.2) is 24.3 Å². The molecular formula is C16H21F3N2O2S. The van der Waals surface area contributed by atoms with Crippen molar-refractivity contribution in [2.75, 3.05) is 25.4 Å². The van der Waals surface area contributed by atoms with Crippen LogP contribution in [0.2, 0.25) is 0 Å². The molecule has 24 heavy (non-hydrogen) atoms. The van der Waals surface area contributed by atoms with Gasteiger partial charge < -0.3 is 4.55 Å². The quantitative estimate of drug-likeness (QED) is 0.777. The van der Waals surface area contributed by atoms with Crippen molar-refractivity contribution >= 4 is 10.4 Å². The number of sulfonamides is 1. The molecule has 0 aromatic heterocycles. The summed E-state index contributed by atoms with van der Waals surface area (Å²) in [5.41, 5.74) is 0.208. The molecule has 2 aliphatic heterocycles. The highest BCUT2D eigenvalue weighted by molar-refractivity contribution is 7.95. The second-order valence-corrected chi connectivity index (χ2v) is 8.52. The molecule has 0 aliphatic carbocycles. The van der Waals surface area contributed by atoms with E-state index in [0.717, 1.165) is 43.6 Å². The van der Waals surface area contributed by atoms with Crippen molar-refractivity contribution in [1.29, 1.82) is 0 Å². The molecule has 1 aromatic rings. The highest BCUT2D eigenvalue weighted by Crippen LogP contribution is 2.30. The van der Waals surface area contributed by atoms with Gasteiger partial charge in [0.15, 0.2) is 0 Å². The molecule has 0 radical (unpaired) electrons. The molecule has 0 bridgehead atoms. The summed E-state index contributed by atoms with van der Waals surface area (Å²) in [6.45, 7) is 2.74. The van der Waals surface area contributed by atoms with Crippen molar-refractivity contribution in [1.82, 2.24) is 9.21 Å². The number of piperidine rings is 1. The molecule has 2 heterocycles. The van der Waals surface area contributed by atoms with E-state index in [0.29, 0.717) is 19.5 Å². The first-order chi connectivity index (χ1) is 11.3. The third-order valence-electron chi connectivity index (χ3n) is 4.79. The molecule has 134 valence electrons. The van der Waals surface area contributed by atoms with Crippen LogP contribution in [0.25, 0.3) is 0 Å². The van der Waals surface area contributed by atoms with Crippen molar-refractivity contribution in [3.8, 4) is 0 Å². The minimum absolute atomic E-state index is 0.0707. The van der Waals surface area contributed by atoms with E-state index in [4.69, 9.17) is 0 Å². The molecule has 3 rings (SSSR count). The topological polar surface area (TPSA) is 46.6 Å². The molecule has 2 fully saturated rings. The van der Waals surface area contributed by atoms with Gasteiger partial charge in [0.2, 0.25) is 0 Å². The van der Waals surface area contributed by atoms with E-state index in [9.17, 15) is 21.9 Å². The van der Waals surface area contributed by atoms with Crippen LogP contribution < -0.4 is 0 Å². The fourth-order valence-electron chi connectivity index (χ4n) is 3.49. The van der Waals surface area contributed by atoms with E-state index in [2.05, 4.69) is 4.90 Å². The zero-order valence-electron chi connectivity index (χ0n) is 13.3. The molecule has 2 aliphatic rings. The summed E-state index contributed by atoms with van der Waals surface area (Å²) in [6.07, 6.45) is -2.05. The smallest absolute Gasteiger partial charge is 0.416 e. The Kier molecular flexibility index (Phi) is 5.01. The second-order valence-electron chi connectivity index (χ2n) is 6.48. The van der Waals surface area contributed by atoms with Gasteiger partial charge in [-0.3, -0.25) is 4.90 Å². The van der Waals surface area contributed by atoms with E-state index < -0.39 is 22.1 Å². The van der Waals surface area contributed by atoms with Crippen molar-refractivity contribution in [3.05, 3.63) is 35.4 Å². The number of likely N-dealkylation sites (tertiary alicyclic amines) is 1. The maximum absolute atomic E-state index is 12.6. The highest BCUT2D eigenvalue weighted by atomic mass is 32.3.